The van der Waals surface area contributed by atoms with Gasteiger partial charge in [0.25, 0.3) is 0 Å². The second kappa shape index (κ2) is 5.60. The summed E-state index contributed by atoms with van der Waals surface area (Å²) in [5.74, 6) is 0.358. The van der Waals surface area contributed by atoms with Crippen LogP contribution in [0.15, 0.2) is 24.3 Å². The molecule has 72 valence electrons. The van der Waals surface area contributed by atoms with E-state index < -0.39 is 0 Å². The normalized spacial score (nSPS) is 10.2. The molecule has 0 bridgehead atoms. The Kier molecular flexibility index (Phi) is 4.33. The summed E-state index contributed by atoms with van der Waals surface area (Å²) in [6.45, 7) is 0.778. The largest absolute Gasteiger partial charge is 0.508 e. The molecule has 0 atom stereocenters. The second-order valence-corrected chi connectivity index (χ2v) is 3.27. The number of aryl methyl sites for hydroxylation is 1. The molecule has 0 aliphatic heterocycles. The van der Waals surface area contributed by atoms with E-state index in [0.29, 0.717) is 5.75 Å². The number of aromatic hydroxyl groups is 1. The topological polar surface area (TPSA) is 46.2 Å². The molecule has 0 spiro atoms. The molecule has 1 aromatic rings. The first-order valence-corrected chi connectivity index (χ1v) is 4.81. The van der Waals surface area contributed by atoms with E-state index in [9.17, 15) is 5.11 Å². The molecule has 0 fully saturated rings. The number of phenols is 1. The quantitative estimate of drug-likeness (QED) is 0.680. The molecule has 2 nitrogen and oxygen atoms in total. The van der Waals surface area contributed by atoms with Gasteiger partial charge in [-0.1, -0.05) is 18.6 Å². The van der Waals surface area contributed by atoms with Crippen LogP contribution in [-0.2, 0) is 6.42 Å². The van der Waals surface area contributed by atoms with Gasteiger partial charge in [-0.3, -0.25) is 0 Å². The van der Waals surface area contributed by atoms with Gasteiger partial charge < -0.3 is 10.8 Å². The Morgan fingerprint density at radius 3 is 2.69 bits per heavy atom. The lowest BCUT2D eigenvalue weighted by Crippen LogP contribution is -1.98. The maximum absolute atomic E-state index is 9.20. The third-order valence-electron chi connectivity index (χ3n) is 2.08. The van der Waals surface area contributed by atoms with Crippen LogP contribution < -0.4 is 5.73 Å². The maximum atomic E-state index is 9.20. The van der Waals surface area contributed by atoms with Crippen molar-refractivity contribution in [2.24, 2.45) is 5.73 Å². The third-order valence-corrected chi connectivity index (χ3v) is 2.08. The van der Waals surface area contributed by atoms with Crippen LogP contribution >= 0.6 is 0 Å². The van der Waals surface area contributed by atoms with E-state index in [4.69, 9.17) is 5.73 Å². The highest BCUT2D eigenvalue weighted by Gasteiger charge is 1.94. The van der Waals surface area contributed by atoms with Crippen molar-refractivity contribution in [2.45, 2.75) is 25.7 Å². The van der Waals surface area contributed by atoms with Gasteiger partial charge >= 0.3 is 0 Å². The van der Waals surface area contributed by atoms with Crippen molar-refractivity contribution in [3.63, 3.8) is 0 Å². The molecule has 0 aliphatic rings. The van der Waals surface area contributed by atoms with E-state index >= 15 is 0 Å². The molecule has 0 heterocycles. The molecule has 0 saturated heterocycles. The minimum Gasteiger partial charge on any atom is -0.508 e. The highest BCUT2D eigenvalue weighted by atomic mass is 16.3. The SMILES string of the molecule is NCCCCCc1cccc(O)c1. The van der Waals surface area contributed by atoms with E-state index in [2.05, 4.69) is 0 Å². The molecule has 1 aromatic carbocycles. The van der Waals surface area contributed by atoms with Crippen molar-refractivity contribution in [3.05, 3.63) is 29.8 Å². The third kappa shape index (κ3) is 3.95. The summed E-state index contributed by atoms with van der Waals surface area (Å²) in [5.41, 5.74) is 6.60. The van der Waals surface area contributed by atoms with Crippen molar-refractivity contribution >= 4 is 0 Å². The standard InChI is InChI=1S/C11H17NO/c12-8-3-1-2-5-10-6-4-7-11(13)9-10/h4,6-7,9,13H,1-3,5,8,12H2. The molecule has 0 amide bonds. The number of benzene rings is 1. The van der Waals surface area contributed by atoms with Crippen LogP contribution in [0.4, 0.5) is 0 Å². The Morgan fingerprint density at radius 2 is 2.00 bits per heavy atom. The Hall–Kier alpha value is -1.02. The Morgan fingerprint density at radius 1 is 1.15 bits per heavy atom. The summed E-state index contributed by atoms with van der Waals surface area (Å²) >= 11 is 0. The predicted molar refractivity (Wildman–Crippen MR) is 54.7 cm³/mol. The van der Waals surface area contributed by atoms with Crippen molar-refractivity contribution in [1.29, 1.82) is 0 Å². The molecular formula is C11H17NO. The summed E-state index contributed by atoms with van der Waals surface area (Å²) in [4.78, 5) is 0. The number of hydrogen-bond donors (Lipinski definition) is 2. The van der Waals surface area contributed by atoms with Gasteiger partial charge in [-0.15, -0.1) is 0 Å². The number of unbranched alkanes of at least 4 members (excludes halogenated alkanes) is 2. The van der Waals surface area contributed by atoms with Crippen molar-refractivity contribution in [3.8, 4) is 5.75 Å². The molecular weight excluding hydrogens is 162 g/mol. The molecule has 0 unspecified atom stereocenters. The van der Waals surface area contributed by atoms with Gasteiger partial charge in [0.2, 0.25) is 0 Å². The minimum atomic E-state index is 0.358. The molecule has 1 rings (SSSR count). The Bertz CT molecular complexity index is 248. The van der Waals surface area contributed by atoms with Crippen molar-refractivity contribution < 1.29 is 5.11 Å². The van der Waals surface area contributed by atoms with Gasteiger partial charge in [-0.25, -0.2) is 0 Å². The van der Waals surface area contributed by atoms with Crippen LogP contribution in [-0.4, -0.2) is 11.7 Å². The van der Waals surface area contributed by atoms with E-state index in [0.717, 1.165) is 25.8 Å². The Labute approximate surface area is 79.4 Å². The zero-order valence-electron chi connectivity index (χ0n) is 7.87. The summed E-state index contributed by atoms with van der Waals surface area (Å²) < 4.78 is 0. The smallest absolute Gasteiger partial charge is 0.115 e. The summed E-state index contributed by atoms with van der Waals surface area (Å²) in [6.07, 6.45) is 4.46. The number of rotatable bonds is 5. The Balaban J connectivity index is 2.28. The van der Waals surface area contributed by atoms with Crippen LogP contribution in [0.3, 0.4) is 0 Å². The van der Waals surface area contributed by atoms with Crippen molar-refractivity contribution in [2.75, 3.05) is 6.54 Å². The van der Waals surface area contributed by atoms with Crippen LogP contribution in [0.1, 0.15) is 24.8 Å². The van der Waals surface area contributed by atoms with E-state index in [1.165, 1.54) is 12.0 Å². The molecule has 0 radical (unpaired) electrons. The lowest BCUT2D eigenvalue weighted by molar-refractivity contribution is 0.474. The zero-order valence-corrected chi connectivity index (χ0v) is 7.87. The molecule has 2 heteroatoms. The number of nitrogens with two attached hydrogens (primary N) is 1. The minimum absolute atomic E-state index is 0.358. The van der Waals surface area contributed by atoms with Crippen LogP contribution in [0.25, 0.3) is 0 Å². The van der Waals surface area contributed by atoms with E-state index in [-0.39, 0.29) is 0 Å². The first kappa shape index (κ1) is 10.1. The van der Waals surface area contributed by atoms with Gasteiger partial charge in [-0.05, 0) is 43.5 Å². The van der Waals surface area contributed by atoms with E-state index in [1.54, 1.807) is 6.07 Å². The zero-order chi connectivity index (χ0) is 9.52. The molecule has 3 N–H and O–H groups in total. The highest BCUT2D eigenvalue weighted by Crippen LogP contribution is 2.13. The van der Waals surface area contributed by atoms with Gasteiger partial charge in [0.15, 0.2) is 0 Å². The summed E-state index contributed by atoms with van der Waals surface area (Å²) in [7, 11) is 0. The van der Waals surface area contributed by atoms with Gasteiger partial charge in [0.05, 0.1) is 0 Å². The lowest BCUT2D eigenvalue weighted by Gasteiger charge is -2.01. The highest BCUT2D eigenvalue weighted by molar-refractivity contribution is 5.27. The van der Waals surface area contributed by atoms with Crippen molar-refractivity contribution in [1.82, 2.24) is 0 Å². The average molecular weight is 179 g/mol. The molecule has 0 aliphatic carbocycles. The fourth-order valence-electron chi connectivity index (χ4n) is 1.36. The van der Waals surface area contributed by atoms with Crippen LogP contribution in [0, 0.1) is 0 Å². The van der Waals surface area contributed by atoms with Crippen LogP contribution in [0.2, 0.25) is 0 Å². The fraction of sp³-hybridized carbons (Fsp3) is 0.455. The second-order valence-electron chi connectivity index (χ2n) is 3.27. The summed E-state index contributed by atoms with van der Waals surface area (Å²) in [5, 5.41) is 9.20. The predicted octanol–water partition coefficient (Wildman–Crippen LogP) is 2.06. The van der Waals surface area contributed by atoms with Gasteiger partial charge in [-0.2, -0.15) is 0 Å². The van der Waals surface area contributed by atoms with Crippen LogP contribution in [0.5, 0.6) is 5.75 Å². The number of hydrogen-bond acceptors (Lipinski definition) is 2. The number of phenolic OH excluding ortho intramolecular Hbond substituents is 1. The maximum Gasteiger partial charge on any atom is 0.115 e. The monoisotopic (exact) mass is 179 g/mol. The summed E-state index contributed by atoms with van der Waals surface area (Å²) in [6, 6.07) is 7.45. The van der Waals surface area contributed by atoms with E-state index in [1.807, 2.05) is 18.2 Å². The first-order chi connectivity index (χ1) is 6.33. The lowest BCUT2D eigenvalue weighted by atomic mass is 10.1. The van der Waals surface area contributed by atoms with Gasteiger partial charge in [0, 0.05) is 0 Å². The van der Waals surface area contributed by atoms with Gasteiger partial charge in [0.1, 0.15) is 5.75 Å². The average Bonchev–Trinajstić information content (AvgIpc) is 2.13. The molecule has 0 saturated carbocycles. The molecule has 13 heavy (non-hydrogen) atoms. The molecule has 0 aromatic heterocycles. The first-order valence-electron chi connectivity index (χ1n) is 4.81. The fourth-order valence-corrected chi connectivity index (χ4v) is 1.36.